The molecule has 1 fully saturated rings. The average Bonchev–Trinajstić information content (AvgIpc) is 3.18. The summed E-state index contributed by atoms with van der Waals surface area (Å²) in [4.78, 5) is 8.47. The van der Waals surface area contributed by atoms with Crippen LogP contribution in [0.4, 0.5) is 5.69 Å². The fraction of sp³-hybridized carbons (Fsp3) is 0.321. The molecule has 0 amide bonds. The maximum atomic E-state index is 11.2. The molecular formula is C28H28Cl4N4O. The van der Waals surface area contributed by atoms with Gasteiger partial charge in [-0.25, -0.2) is 4.98 Å². The van der Waals surface area contributed by atoms with Crippen LogP contribution in [0.2, 0.25) is 20.2 Å². The molecule has 1 unspecified atom stereocenters. The van der Waals surface area contributed by atoms with Crippen molar-refractivity contribution in [1.29, 1.82) is 0 Å². The molecule has 5 nitrogen and oxygen atoms in total. The van der Waals surface area contributed by atoms with E-state index in [0.717, 1.165) is 59.9 Å². The molecule has 9 heteroatoms. The van der Waals surface area contributed by atoms with Crippen molar-refractivity contribution < 1.29 is 5.11 Å². The van der Waals surface area contributed by atoms with Gasteiger partial charge in [-0.1, -0.05) is 70.7 Å². The Morgan fingerprint density at radius 1 is 1.00 bits per heavy atom. The number of hydrogen-bond acceptors (Lipinski definition) is 5. The second kappa shape index (κ2) is 11.5. The molecule has 1 aromatic heterocycles. The van der Waals surface area contributed by atoms with Crippen molar-refractivity contribution in [3.8, 4) is 0 Å². The van der Waals surface area contributed by atoms with Crippen molar-refractivity contribution in [3.63, 3.8) is 0 Å². The number of aliphatic hydroxyl groups excluding tert-OH is 1. The van der Waals surface area contributed by atoms with Crippen LogP contribution >= 0.6 is 46.4 Å². The van der Waals surface area contributed by atoms with Crippen molar-refractivity contribution in [3.05, 3.63) is 97.7 Å². The second-order valence-corrected chi connectivity index (χ2v) is 11.3. The van der Waals surface area contributed by atoms with Crippen LogP contribution in [0.5, 0.6) is 0 Å². The van der Waals surface area contributed by atoms with E-state index in [2.05, 4.69) is 27.4 Å². The summed E-state index contributed by atoms with van der Waals surface area (Å²) in [6.07, 6.45) is 7.04. The molecule has 3 aromatic rings. The lowest BCUT2D eigenvalue weighted by Gasteiger charge is -2.40. The molecule has 0 bridgehead atoms. The third-order valence-electron chi connectivity index (χ3n) is 7.32. The first-order chi connectivity index (χ1) is 17.8. The van der Waals surface area contributed by atoms with Crippen LogP contribution in [-0.4, -0.2) is 47.5 Å². The lowest BCUT2D eigenvalue weighted by molar-refractivity contribution is 0.118. The summed E-state index contributed by atoms with van der Waals surface area (Å²) in [5.74, 6) is 0. The molecule has 1 atom stereocenters. The predicted molar refractivity (Wildman–Crippen MR) is 154 cm³/mol. The summed E-state index contributed by atoms with van der Waals surface area (Å²) >= 11 is 24.9. The van der Waals surface area contributed by atoms with Gasteiger partial charge in [-0.2, -0.15) is 0 Å². The van der Waals surface area contributed by atoms with Gasteiger partial charge in [-0.05, 0) is 79.0 Å². The maximum Gasteiger partial charge on any atom is 0.184 e. The van der Waals surface area contributed by atoms with Crippen LogP contribution in [0.15, 0.2) is 60.8 Å². The van der Waals surface area contributed by atoms with E-state index in [1.165, 1.54) is 0 Å². The topological polar surface area (TPSA) is 51.6 Å². The van der Waals surface area contributed by atoms with Crippen molar-refractivity contribution in [2.75, 3.05) is 31.1 Å². The zero-order chi connectivity index (χ0) is 26.0. The third kappa shape index (κ3) is 6.10. The molecule has 37 heavy (non-hydrogen) atoms. The second-order valence-electron chi connectivity index (χ2n) is 9.69. The van der Waals surface area contributed by atoms with Crippen molar-refractivity contribution in [2.45, 2.75) is 31.2 Å². The lowest BCUT2D eigenvalue weighted by Crippen LogP contribution is -2.50. The number of rotatable bonds is 7. The minimum absolute atomic E-state index is 0.0947. The van der Waals surface area contributed by atoms with Gasteiger partial charge in [-0.3, -0.25) is 10.2 Å². The van der Waals surface area contributed by atoms with Crippen LogP contribution in [0.25, 0.3) is 6.08 Å². The SMILES string of the molecule is OC(NCc1ccnc(Cl)c1)N1CC2(CCN(CC=Cc3ccc(Cl)cc3)CC2)c2cc(Cl)c(Cl)cc21. The quantitative estimate of drug-likeness (QED) is 0.244. The number of halogens is 4. The number of aromatic nitrogens is 1. The molecule has 5 rings (SSSR count). The Balaban J connectivity index is 1.27. The number of nitrogens with zero attached hydrogens (tertiary/aromatic N) is 3. The van der Waals surface area contributed by atoms with E-state index in [0.29, 0.717) is 28.3 Å². The smallest absolute Gasteiger partial charge is 0.184 e. The number of hydrogen-bond donors (Lipinski definition) is 2. The summed E-state index contributed by atoms with van der Waals surface area (Å²) in [5.41, 5.74) is 4.08. The first-order valence-corrected chi connectivity index (χ1v) is 13.8. The highest BCUT2D eigenvalue weighted by Crippen LogP contribution is 2.49. The summed E-state index contributed by atoms with van der Waals surface area (Å²) < 4.78 is 0. The average molecular weight is 578 g/mol. The van der Waals surface area contributed by atoms with E-state index < -0.39 is 6.35 Å². The highest BCUT2D eigenvalue weighted by atomic mass is 35.5. The Morgan fingerprint density at radius 2 is 1.73 bits per heavy atom. The van der Waals surface area contributed by atoms with E-state index in [1.54, 1.807) is 12.3 Å². The van der Waals surface area contributed by atoms with Crippen LogP contribution < -0.4 is 10.2 Å². The summed E-state index contributed by atoms with van der Waals surface area (Å²) in [7, 11) is 0. The standard InChI is InChI=1S/C28H28Cl4N4O/c29-21-5-3-19(4-6-21)2-1-11-35-12-8-28(9-13-35)18-36(25-16-24(31)23(30)15-22(25)28)27(37)34-17-20-7-10-33-26(32)14-20/h1-7,10,14-16,27,34,37H,8-9,11-13,17-18H2. The largest absolute Gasteiger partial charge is 0.361 e. The van der Waals surface area contributed by atoms with E-state index in [4.69, 9.17) is 46.4 Å². The number of piperidine rings is 1. The highest BCUT2D eigenvalue weighted by Gasteiger charge is 2.46. The lowest BCUT2D eigenvalue weighted by atomic mass is 9.74. The summed E-state index contributed by atoms with van der Waals surface area (Å²) in [6, 6.07) is 15.4. The zero-order valence-corrected chi connectivity index (χ0v) is 23.2. The first kappa shape index (κ1) is 26.8. The van der Waals surface area contributed by atoms with Gasteiger partial charge in [0.1, 0.15) is 5.15 Å². The molecule has 2 N–H and O–H groups in total. The molecule has 2 aliphatic heterocycles. The Bertz CT molecular complexity index is 1280. The van der Waals surface area contributed by atoms with Crippen molar-refractivity contribution in [1.82, 2.24) is 15.2 Å². The number of aliphatic hydroxyl groups is 1. The van der Waals surface area contributed by atoms with Crippen molar-refractivity contribution in [2.24, 2.45) is 0 Å². The third-order valence-corrected chi connectivity index (χ3v) is 8.51. The van der Waals surface area contributed by atoms with E-state index in [1.807, 2.05) is 47.4 Å². The zero-order valence-electron chi connectivity index (χ0n) is 20.2. The van der Waals surface area contributed by atoms with Crippen molar-refractivity contribution >= 4 is 58.2 Å². The van der Waals surface area contributed by atoms with Gasteiger partial charge >= 0.3 is 0 Å². The van der Waals surface area contributed by atoms with Crippen LogP contribution in [0.1, 0.15) is 29.5 Å². The van der Waals surface area contributed by atoms with Crippen LogP contribution in [0.3, 0.4) is 0 Å². The molecule has 194 valence electrons. The number of fused-ring (bicyclic) bond motifs is 2. The highest BCUT2D eigenvalue weighted by molar-refractivity contribution is 6.42. The molecule has 1 saturated heterocycles. The normalized spacial score (nSPS) is 18.0. The monoisotopic (exact) mass is 576 g/mol. The molecule has 1 spiro atoms. The van der Waals surface area contributed by atoms with E-state index in [-0.39, 0.29) is 5.41 Å². The van der Waals surface area contributed by atoms with Crippen LogP contribution in [-0.2, 0) is 12.0 Å². The molecule has 2 aliphatic rings. The maximum absolute atomic E-state index is 11.2. The minimum atomic E-state index is -0.886. The molecular weight excluding hydrogens is 550 g/mol. The minimum Gasteiger partial charge on any atom is -0.361 e. The number of pyridine rings is 1. The first-order valence-electron chi connectivity index (χ1n) is 12.3. The summed E-state index contributed by atoms with van der Waals surface area (Å²) in [5, 5.41) is 16.6. The van der Waals surface area contributed by atoms with Gasteiger partial charge in [0.2, 0.25) is 0 Å². The summed E-state index contributed by atoms with van der Waals surface area (Å²) in [6.45, 7) is 3.94. The van der Waals surface area contributed by atoms with E-state index >= 15 is 0 Å². The van der Waals surface area contributed by atoms with Crippen LogP contribution in [0, 0.1) is 0 Å². The van der Waals surface area contributed by atoms with Gasteiger partial charge < -0.3 is 10.0 Å². The fourth-order valence-electron chi connectivity index (χ4n) is 5.29. The molecule has 2 aromatic carbocycles. The van der Waals surface area contributed by atoms with E-state index in [9.17, 15) is 5.11 Å². The van der Waals surface area contributed by atoms with Gasteiger partial charge in [0.15, 0.2) is 6.35 Å². The number of anilines is 1. The van der Waals surface area contributed by atoms with Gasteiger partial charge in [0.25, 0.3) is 0 Å². The van der Waals surface area contributed by atoms with Gasteiger partial charge in [0.05, 0.1) is 10.0 Å². The molecule has 0 radical (unpaired) electrons. The Hall–Kier alpha value is -1.83. The van der Waals surface area contributed by atoms with Gasteiger partial charge in [-0.15, -0.1) is 0 Å². The van der Waals surface area contributed by atoms with Gasteiger partial charge in [0, 0.05) is 42.0 Å². The molecule has 3 heterocycles. The molecule has 0 aliphatic carbocycles. The predicted octanol–water partition coefficient (Wildman–Crippen LogP) is 6.63. The number of nitrogens with one attached hydrogen (secondary N) is 1. The Kier molecular flexibility index (Phi) is 8.32. The number of benzene rings is 2. The Morgan fingerprint density at radius 3 is 2.46 bits per heavy atom. The number of likely N-dealkylation sites (tertiary alicyclic amines) is 1. The Labute approximate surface area is 237 Å². The fourth-order valence-corrected chi connectivity index (χ4v) is 5.93. The molecule has 0 saturated carbocycles.